The van der Waals surface area contributed by atoms with Gasteiger partial charge >= 0.3 is 0 Å². The SMILES string of the molecule is [Si]C1([Si])C=CC=CC=C1. The first-order valence-corrected chi connectivity index (χ1v) is 3.74. The zero-order valence-corrected chi connectivity index (χ0v) is 6.96. The van der Waals surface area contributed by atoms with Gasteiger partial charge in [0.2, 0.25) is 0 Å². The van der Waals surface area contributed by atoms with Crippen LogP contribution in [0.5, 0.6) is 0 Å². The lowest BCUT2D eigenvalue weighted by atomic mass is 10.3. The third-order valence-electron chi connectivity index (χ3n) is 1.05. The molecule has 0 saturated carbocycles. The van der Waals surface area contributed by atoms with E-state index in [9.17, 15) is 0 Å². The van der Waals surface area contributed by atoms with Crippen LogP contribution in [0.1, 0.15) is 0 Å². The van der Waals surface area contributed by atoms with Gasteiger partial charge in [0.1, 0.15) is 0 Å². The van der Waals surface area contributed by atoms with Gasteiger partial charge < -0.3 is 0 Å². The fraction of sp³-hybridized carbons (Fsp3) is 0.143. The molecule has 0 aromatic rings. The Kier molecular flexibility index (Phi) is 1.88. The summed E-state index contributed by atoms with van der Waals surface area (Å²) in [6, 6.07) is 0. The maximum Gasteiger partial charge on any atom is 0.0373 e. The lowest BCUT2D eigenvalue weighted by molar-refractivity contribution is 1.25. The van der Waals surface area contributed by atoms with Crippen LogP contribution >= 0.6 is 0 Å². The molecule has 1 aliphatic carbocycles. The molecular weight excluding hydrogens is 140 g/mol. The Morgan fingerprint density at radius 3 is 1.67 bits per heavy atom. The van der Waals surface area contributed by atoms with Crippen molar-refractivity contribution >= 4 is 20.5 Å². The second-order valence-corrected chi connectivity index (χ2v) is 4.13. The number of hydrogen-bond donors (Lipinski definition) is 0. The quantitative estimate of drug-likeness (QED) is 0.449. The summed E-state index contributed by atoms with van der Waals surface area (Å²) < 4.78 is -0.149. The fourth-order valence-electron chi connectivity index (χ4n) is 0.599. The highest BCUT2D eigenvalue weighted by molar-refractivity contribution is 6.42. The maximum absolute atomic E-state index is 3.49. The molecule has 42 valence electrons. The predicted molar refractivity (Wildman–Crippen MR) is 41.6 cm³/mol. The van der Waals surface area contributed by atoms with Crippen molar-refractivity contribution in [3.63, 3.8) is 0 Å². The van der Waals surface area contributed by atoms with Gasteiger partial charge in [0, 0.05) is 20.5 Å². The molecule has 0 bridgehead atoms. The molecule has 1 aliphatic rings. The molecule has 0 N–H and O–H groups in total. The van der Waals surface area contributed by atoms with Crippen LogP contribution < -0.4 is 0 Å². The molecule has 0 spiro atoms. The molecule has 0 aliphatic heterocycles. The van der Waals surface area contributed by atoms with Gasteiger partial charge in [0.15, 0.2) is 0 Å². The van der Waals surface area contributed by atoms with E-state index in [0.29, 0.717) is 0 Å². The van der Waals surface area contributed by atoms with Gasteiger partial charge in [0.05, 0.1) is 0 Å². The molecule has 0 fully saturated rings. The third-order valence-corrected chi connectivity index (χ3v) is 1.72. The van der Waals surface area contributed by atoms with Crippen LogP contribution in [0.3, 0.4) is 0 Å². The Bertz CT molecular complexity index is 157. The van der Waals surface area contributed by atoms with E-state index in [4.69, 9.17) is 0 Å². The summed E-state index contributed by atoms with van der Waals surface area (Å²) in [6.07, 6.45) is 12.0. The summed E-state index contributed by atoms with van der Waals surface area (Å²) in [5.41, 5.74) is 0. The second kappa shape index (κ2) is 2.50. The molecule has 1 rings (SSSR count). The first-order valence-electron chi connectivity index (χ1n) is 2.74. The summed E-state index contributed by atoms with van der Waals surface area (Å²) in [4.78, 5) is 0. The van der Waals surface area contributed by atoms with Crippen LogP contribution in [0.4, 0.5) is 0 Å². The van der Waals surface area contributed by atoms with Crippen molar-refractivity contribution < 1.29 is 0 Å². The van der Waals surface area contributed by atoms with Gasteiger partial charge in [-0.2, -0.15) is 0 Å². The Morgan fingerprint density at radius 2 is 1.22 bits per heavy atom. The highest BCUT2D eigenvalue weighted by Crippen LogP contribution is 2.20. The van der Waals surface area contributed by atoms with Gasteiger partial charge in [-0.3, -0.25) is 0 Å². The number of allylic oxidation sites excluding steroid dienone is 6. The van der Waals surface area contributed by atoms with Crippen LogP contribution in [0.2, 0.25) is 4.66 Å². The lowest BCUT2D eigenvalue weighted by Crippen LogP contribution is -2.03. The molecule has 0 atom stereocenters. The normalized spacial score (nSPS) is 22.0. The summed E-state index contributed by atoms with van der Waals surface area (Å²) >= 11 is 0. The summed E-state index contributed by atoms with van der Waals surface area (Å²) in [5, 5.41) is 0. The zero-order valence-electron chi connectivity index (χ0n) is 4.96. The molecule has 6 radical (unpaired) electrons. The van der Waals surface area contributed by atoms with Gasteiger partial charge in [-0.25, -0.2) is 0 Å². The van der Waals surface area contributed by atoms with E-state index >= 15 is 0 Å². The van der Waals surface area contributed by atoms with E-state index < -0.39 is 0 Å². The standard InChI is InChI=1S/C7H6Si2/c8-7(9)5-3-1-2-4-6-7/h1-6H. The Balaban J connectivity index is 2.82. The van der Waals surface area contributed by atoms with Crippen LogP contribution in [0, 0.1) is 0 Å². The number of rotatable bonds is 0. The van der Waals surface area contributed by atoms with Crippen LogP contribution in [-0.2, 0) is 0 Å². The number of hydrogen-bond acceptors (Lipinski definition) is 0. The smallest absolute Gasteiger partial charge is 0.0373 e. The van der Waals surface area contributed by atoms with E-state index in [1.165, 1.54) is 0 Å². The minimum atomic E-state index is -0.149. The first-order chi connectivity index (χ1) is 4.21. The van der Waals surface area contributed by atoms with E-state index in [2.05, 4.69) is 20.5 Å². The van der Waals surface area contributed by atoms with Gasteiger partial charge in [-0.05, 0) is 4.66 Å². The third kappa shape index (κ3) is 2.16. The van der Waals surface area contributed by atoms with Crippen molar-refractivity contribution in [1.29, 1.82) is 0 Å². The predicted octanol–water partition coefficient (Wildman–Crippen LogP) is 1.12. The molecule has 0 nitrogen and oxygen atoms in total. The monoisotopic (exact) mass is 146 g/mol. The molecule has 0 unspecified atom stereocenters. The molecule has 9 heavy (non-hydrogen) atoms. The summed E-state index contributed by atoms with van der Waals surface area (Å²) in [5.74, 6) is 0. The summed E-state index contributed by atoms with van der Waals surface area (Å²) in [6.45, 7) is 0. The average Bonchev–Trinajstić information content (AvgIpc) is 1.92. The molecular formula is C7H6Si2. The average molecular weight is 146 g/mol. The minimum Gasteiger partial charge on any atom is -0.0816 e. The fourth-order valence-corrected chi connectivity index (χ4v) is 0.983. The van der Waals surface area contributed by atoms with Gasteiger partial charge in [-0.15, -0.1) is 0 Å². The Labute approximate surface area is 62.2 Å². The lowest BCUT2D eigenvalue weighted by Gasteiger charge is -2.11. The minimum absolute atomic E-state index is 0.149. The van der Waals surface area contributed by atoms with Crippen molar-refractivity contribution in [2.24, 2.45) is 0 Å². The molecule has 0 amide bonds. The molecule has 2 heteroatoms. The van der Waals surface area contributed by atoms with Crippen molar-refractivity contribution in [3.05, 3.63) is 36.5 Å². The van der Waals surface area contributed by atoms with Crippen molar-refractivity contribution in [2.45, 2.75) is 4.66 Å². The Morgan fingerprint density at radius 1 is 0.778 bits per heavy atom. The van der Waals surface area contributed by atoms with E-state index in [0.717, 1.165) is 0 Å². The zero-order chi connectivity index (χ0) is 6.74. The highest BCUT2D eigenvalue weighted by atomic mass is 28.2. The van der Waals surface area contributed by atoms with Crippen molar-refractivity contribution in [2.75, 3.05) is 0 Å². The summed E-state index contributed by atoms with van der Waals surface area (Å²) in [7, 11) is 6.98. The molecule has 0 heterocycles. The molecule has 0 aromatic carbocycles. The maximum atomic E-state index is 3.49. The van der Waals surface area contributed by atoms with Crippen LogP contribution in [-0.4, -0.2) is 20.5 Å². The Hall–Kier alpha value is -0.346. The van der Waals surface area contributed by atoms with Gasteiger partial charge in [-0.1, -0.05) is 36.5 Å². The molecule has 0 aromatic heterocycles. The van der Waals surface area contributed by atoms with Crippen LogP contribution in [0.15, 0.2) is 36.5 Å². The topological polar surface area (TPSA) is 0 Å². The van der Waals surface area contributed by atoms with Gasteiger partial charge in [0.25, 0.3) is 0 Å². The first kappa shape index (κ1) is 6.77. The highest BCUT2D eigenvalue weighted by Gasteiger charge is 2.08. The van der Waals surface area contributed by atoms with Crippen molar-refractivity contribution in [3.8, 4) is 0 Å². The van der Waals surface area contributed by atoms with Crippen molar-refractivity contribution in [1.82, 2.24) is 0 Å². The van der Waals surface area contributed by atoms with Crippen LogP contribution in [0.25, 0.3) is 0 Å². The van der Waals surface area contributed by atoms with E-state index in [1.807, 2.05) is 36.5 Å². The second-order valence-electron chi connectivity index (χ2n) is 1.97. The molecule has 0 saturated heterocycles. The van der Waals surface area contributed by atoms with E-state index in [1.54, 1.807) is 0 Å². The van der Waals surface area contributed by atoms with E-state index in [-0.39, 0.29) is 4.66 Å². The largest absolute Gasteiger partial charge is 0.0816 e.